The number of halogens is 1. The average molecular weight is 360 g/mol. The minimum atomic E-state index is -1.08. The number of hydrogen-bond acceptors (Lipinski definition) is 4. The molecule has 0 saturated carbocycles. The summed E-state index contributed by atoms with van der Waals surface area (Å²) in [5.74, 6) is -1.08. The molecule has 0 aliphatic heterocycles. The average Bonchev–Trinajstić information content (AvgIpc) is 2.42. The van der Waals surface area contributed by atoms with Crippen LogP contribution < -0.4 is 14.8 Å². The summed E-state index contributed by atoms with van der Waals surface area (Å²) in [6.07, 6.45) is 0. The molecule has 2 N–H and O–H groups in total. The van der Waals surface area contributed by atoms with Crippen molar-refractivity contribution in [3.8, 4) is 11.5 Å². The van der Waals surface area contributed by atoms with E-state index in [2.05, 4.69) is 21.2 Å². The molecule has 1 rings (SSSR count). The first-order chi connectivity index (χ1) is 9.81. The lowest BCUT2D eigenvalue weighted by molar-refractivity contribution is -0.140. The van der Waals surface area contributed by atoms with Crippen LogP contribution in [-0.2, 0) is 4.79 Å². The van der Waals surface area contributed by atoms with Crippen molar-refractivity contribution in [3.05, 3.63) is 22.2 Å². The van der Waals surface area contributed by atoms with Gasteiger partial charge in [-0.05, 0) is 34.0 Å². The van der Waals surface area contributed by atoms with E-state index in [1.54, 1.807) is 19.9 Å². The Labute approximate surface area is 131 Å². The predicted molar refractivity (Wildman–Crippen MR) is 81.0 cm³/mol. The highest BCUT2D eigenvalue weighted by molar-refractivity contribution is 9.10. The summed E-state index contributed by atoms with van der Waals surface area (Å²) in [6, 6.07) is 2.18. The predicted octanol–water partition coefficient (Wildman–Crippen LogP) is 2.31. The van der Waals surface area contributed by atoms with Crippen LogP contribution >= 0.6 is 15.9 Å². The Hall–Kier alpha value is -1.76. The zero-order valence-corrected chi connectivity index (χ0v) is 13.9. The number of hydrogen-bond donors (Lipinski definition) is 2. The third-order valence-corrected chi connectivity index (χ3v) is 3.51. The molecule has 0 saturated heterocycles. The molecule has 0 bridgehead atoms. The fourth-order valence-corrected chi connectivity index (χ4v) is 2.40. The fraction of sp³-hybridized carbons (Fsp3) is 0.429. The van der Waals surface area contributed by atoms with Gasteiger partial charge in [-0.2, -0.15) is 0 Å². The zero-order valence-electron chi connectivity index (χ0n) is 12.3. The molecular formula is C14H18BrNO5. The van der Waals surface area contributed by atoms with Gasteiger partial charge in [0, 0.05) is 0 Å². The number of rotatable bonds is 6. The van der Waals surface area contributed by atoms with Gasteiger partial charge in [-0.1, -0.05) is 13.8 Å². The topological polar surface area (TPSA) is 84.9 Å². The molecule has 0 heterocycles. The highest BCUT2D eigenvalue weighted by Gasteiger charge is 2.26. The SMILES string of the molecule is COc1cc(Br)c(OC)c(C(=O)N[C@H](C(=O)O)C(C)C)c1. The van der Waals surface area contributed by atoms with Gasteiger partial charge < -0.3 is 19.9 Å². The summed E-state index contributed by atoms with van der Waals surface area (Å²) >= 11 is 3.29. The number of aliphatic carboxylic acids is 1. The number of carbonyl (C=O) groups excluding carboxylic acids is 1. The van der Waals surface area contributed by atoms with E-state index in [4.69, 9.17) is 14.6 Å². The highest BCUT2D eigenvalue weighted by atomic mass is 79.9. The molecule has 0 spiro atoms. The van der Waals surface area contributed by atoms with Crippen LogP contribution in [0, 0.1) is 5.92 Å². The number of nitrogens with one attached hydrogen (secondary N) is 1. The lowest BCUT2D eigenvalue weighted by Gasteiger charge is -2.19. The van der Waals surface area contributed by atoms with Crippen LogP contribution in [0.3, 0.4) is 0 Å². The maximum Gasteiger partial charge on any atom is 0.326 e. The van der Waals surface area contributed by atoms with Crippen molar-refractivity contribution in [2.24, 2.45) is 5.92 Å². The number of ether oxygens (including phenoxy) is 2. The van der Waals surface area contributed by atoms with Crippen LogP contribution in [0.4, 0.5) is 0 Å². The molecule has 1 amide bonds. The van der Waals surface area contributed by atoms with Gasteiger partial charge in [0.1, 0.15) is 17.5 Å². The molecule has 1 aromatic carbocycles. The summed E-state index contributed by atoms with van der Waals surface area (Å²) in [7, 11) is 2.91. The van der Waals surface area contributed by atoms with Gasteiger partial charge in [-0.25, -0.2) is 4.79 Å². The molecular weight excluding hydrogens is 342 g/mol. The van der Waals surface area contributed by atoms with E-state index >= 15 is 0 Å². The van der Waals surface area contributed by atoms with E-state index < -0.39 is 17.9 Å². The first-order valence-corrected chi connectivity index (χ1v) is 7.06. The lowest BCUT2D eigenvalue weighted by atomic mass is 10.0. The van der Waals surface area contributed by atoms with Gasteiger partial charge in [0.05, 0.1) is 24.3 Å². The third-order valence-electron chi connectivity index (χ3n) is 2.92. The molecule has 1 aromatic rings. The summed E-state index contributed by atoms with van der Waals surface area (Å²) in [6.45, 7) is 3.44. The Bertz CT molecular complexity index is 544. The largest absolute Gasteiger partial charge is 0.497 e. The molecule has 0 radical (unpaired) electrons. The third kappa shape index (κ3) is 4.10. The number of carboxylic acid groups (broad SMARTS) is 1. The number of carbonyl (C=O) groups is 2. The molecule has 0 aromatic heterocycles. The van der Waals surface area contributed by atoms with Gasteiger partial charge in [-0.3, -0.25) is 4.79 Å². The van der Waals surface area contributed by atoms with E-state index in [1.165, 1.54) is 20.3 Å². The van der Waals surface area contributed by atoms with Gasteiger partial charge in [0.15, 0.2) is 0 Å². The van der Waals surface area contributed by atoms with Crippen molar-refractivity contribution >= 4 is 27.8 Å². The van der Waals surface area contributed by atoms with E-state index in [9.17, 15) is 9.59 Å². The van der Waals surface area contributed by atoms with Crippen LogP contribution in [0.15, 0.2) is 16.6 Å². The smallest absolute Gasteiger partial charge is 0.326 e. The quantitative estimate of drug-likeness (QED) is 0.813. The van der Waals surface area contributed by atoms with Crippen LogP contribution in [0.5, 0.6) is 11.5 Å². The summed E-state index contributed by atoms with van der Waals surface area (Å²) in [4.78, 5) is 23.5. The summed E-state index contributed by atoms with van der Waals surface area (Å²) in [5.41, 5.74) is 0.204. The van der Waals surface area contributed by atoms with Crippen molar-refractivity contribution in [2.75, 3.05) is 14.2 Å². The molecule has 0 fully saturated rings. The van der Waals surface area contributed by atoms with Crippen LogP contribution in [0.2, 0.25) is 0 Å². The number of amides is 1. The van der Waals surface area contributed by atoms with Gasteiger partial charge >= 0.3 is 5.97 Å². The van der Waals surface area contributed by atoms with E-state index in [-0.39, 0.29) is 11.5 Å². The molecule has 0 aliphatic rings. The van der Waals surface area contributed by atoms with Crippen LogP contribution in [-0.4, -0.2) is 37.2 Å². The second-order valence-electron chi connectivity index (χ2n) is 4.72. The minimum Gasteiger partial charge on any atom is -0.497 e. The summed E-state index contributed by atoms with van der Waals surface area (Å²) < 4.78 is 10.8. The van der Waals surface area contributed by atoms with Gasteiger partial charge in [0.2, 0.25) is 0 Å². The molecule has 0 unspecified atom stereocenters. The first kappa shape index (κ1) is 17.3. The molecule has 1 atom stereocenters. The monoisotopic (exact) mass is 359 g/mol. The Morgan fingerprint density at radius 2 is 1.86 bits per heavy atom. The Morgan fingerprint density at radius 3 is 2.29 bits per heavy atom. The lowest BCUT2D eigenvalue weighted by Crippen LogP contribution is -2.44. The molecule has 21 heavy (non-hydrogen) atoms. The Kier molecular flexibility index (Phi) is 6.02. The normalized spacial score (nSPS) is 11.9. The maximum absolute atomic E-state index is 12.3. The zero-order chi connectivity index (χ0) is 16.2. The Morgan fingerprint density at radius 1 is 1.24 bits per heavy atom. The molecule has 116 valence electrons. The molecule has 7 heteroatoms. The standard InChI is InChI=1S/C14H18BrNO5/c1-7(2)11(14(18)19)16-13(17)9-5-8(20-3)6-10(15)12(9)21-4/h5-7,11H,1-4H3,(H,16,17)(H,18,19)/t11-/m0/s1. The molecule has 6 nitrogen and oxygen atoms in total. The molecule has 0 aliphatic carbocycles. The first-order valence-electron chi connectivity index (χ1n) is 6.27. The summed E-state index contributed by atoms with van der Waals surface area (Å²) in [5, 5.41) is 11.6. The van der Waals surface area contributed by atoms with E-state index in [1.807, 2.05) is 0 Å². The minimum absolute atomic E-state index is 0.204. The highest BCUT2D eigenvalue weighted by Crippen LogP contribution is 2.33. The number of benzene rings is 1. The van der Waals surface area contributed by atoms with Crippen LogP contribution in [0.25, 0.3) is 0 Å². The van der Waals surface area contributed by atoms with Gasteiger partial charge in [0.25, 0.3) is 5.91 Å². The van der Waals surface area contributed by atoms with E-state index in [0.29, 0.717) is 16.0 Å². The van der Waals surface area contributed by atoms with E-state index in [0.717, 1.165) is 0 Å². The van der Waals surface area contributed by atoms with Crippen molar-refractivity contribution < 1.29 is 24.2 Å². The van der Waals surface area contributed by atoms with Crippen molar-refractivity contribution in [1.82, 2.24) is 5.32 Å². The van der Waals surface area contributed by atoms with Crippen molar-refractivity contribution in [1.29, 1.82) is 0 Å². The van der Waals surface area contributed by atoms with Crippen molar-refractivity contribution in [3.63, 3.8) is 0 Å². The Balaban J connectivity index is 3.17. The number of methoxy groups -OCH3 is 2. The maximum atomic E-state index is 12.3. The fourth-order valence-electron chi connectivity index (χ4n) is 1.80. The second kappa shape index (κ2) is 7.31. The van der Waals surface area contributed by atoms with Crippen LogP contribution in [0.1, 0.15) is 24.2 Å². The second-order valence-corrected chi connectivity index (χ2v) is 5.58. The number of carboxylic acids is 1. The van der Waals surface area contributed by atoms with Crippen molar-refractivity contribution in [2.45, 2.75) is 19.9 Å². The van der Waals surface area contributed by atoms with Gasteiger partial charge in [-0.15, -0.1) is 0 Å².